The van der Waals surface area contributed by atoms with E-state index in [0.717, 1.165) is 6.20 Å². The summed E-state index contributed by atoms with van der Waals surface area (Å²) in [5.41, 5.74) is -0.197. The molecule has 2 aromatic heterocycles. The lowest BCUT2D eigenvalue weighted by atomic mass is 10.2. The monoisotopic (exact) mass is 262 g/mol. The van der Waals surface area contributed by atoms with Gasteiger partial charge in [0.2, 0.25) is 0 Å². The molecule has 0 spiro atoms. The quantitative estimate of drug-likeness (QED) is 0.792. The fraction of sp³-hybridized carbons (Fsp3) is 0.364. The van der Waals surface area contributed by atoms with Crippen LogP contribution >= 0.6 is 0 Å². The van der Waals surface area contributed by atoms with Crippen molar-refractivity contribution in [1.29, 1.82) is 0 Å². The molecule has 2 N–H and O–H groups in total. The zero-order valence-corrected chi connectivity index (χ0v) is 10.6. The van der Waals surface area contributed by atoms with Crippen LogP contribution in [0.3, 0.4) is 0 Å². The Morgan fingerprint density at radius 3 is 2.84 bits per heavy atom. The van der Waals surface area contributed by atoms with Crippen LogP contribution in [0.5, 0.6) is 0 Å². The number of aryl methyl sites for hydroxylation is 1. The summed E-state index contributed by atoms with van der Waals surface area (Å²) >= 11 is 0. The Balaban J connectivity index is 2.15. The fourth-order valence-electron chi connectivity index (χ4n) is 1.67. The number of hydrogen-bond donors (Lipinski definition) is 2. The van der Waals surface area contributed by atoms with E-state index in [9.17, 15) is 9.59 Å². The maximum absolute atomic E-state index is 12.0. The van der Waals surface area contributed by atoms with E-state index in [1.807, 2.05) is 6.92 Å². The number of nitrogens with one attached hydrogen (secondary N) is 2. The number of carbonyl (C=O) groups is 1. The minimum atomic E-state index is -0.369. The van der Waals surface area contributed by atoms with Gasteiger partial charge in [-0.3, -0.25) is 14.3 Å². The summed E-state index contributed by atoms with van der Waals surface area (Å²) in [5, 5.41) is 6.77. The van der Waals surface area contributed by atoms with Crippen LogP contribution in [0.4, 0.5) is 0 Å². The van der Waals surface area contributed by atoms with Crippen molar-refractivity contribution >= 4 is 5.91 Å². The highest BCUT2D eigenvalue weighted by Crippen LogP contribution is 2.12. The first-order chi connectivity index (χ1) is 9.11. The van der Waals surface area contributed by atoms with Crippen LogP contribution in [0.2, 0.25) is 0 Å². The number of H-pyrrole nitrogens is 1. The van der Waals surface area contributed by atoms with E-state index in [1.54, 1.807) is 11.7 Å². The molecule has 0 radical (unpaired) electrons. The van der Waals surface area contributed by atoms with Gasteiger partial charge in [-0.2, -0.15) is 5.10 Å². The molecule has 1 amide bonds. The molecule has 0 aromatic carbocycles. The third-order valence-corrected chi connectivity index (χ3v) is 2.68. The summed E-state index contributed by atoms with van der Waals surface area (Å²) in [6.07, 6.45) is 4.45. The molecule has 8 heteroatoms. The predicted octanol–water partition coefficient (Wildman–Crippen LogP) is -0.221. The van der Waals surface area contributed by atoms with Crippen LogP contribution in [-0.2, 0) is 7.05 Å². The zero-order valence-electron chi connectivity index (χ0n) is 10.6. The Labute approximate surface area is 108 Å². The first kappa shape index (κ1) is 12.9. The standard InChI is InChI=1S/C11H14N6O2/c1-3-7(10-14-6-15-17(10)2)16-11(19)8-4-13-9(18)5-12-8/h4-7H,3H2,1-2H3,(H,13,18)(H,16,19). The summed E-state index contributed by atoms with van der Waals surface area (Å²) in [6, 6.07) is -0.256. The zero-order chi connectivity index (χ0) is 13.8. The van der Waals surface area contributed by atoms with Crippen LogP contribution in [0, 0.1) is 0 Å². The van der Waals surface area contributed by atoms with Crippen molar-refractivity contribution in [2.24, 2.45) is 7.05 Å². The van der Waals surface area contributed by atoms with Gasteiger partial charge >= 0.3 is 0 Å². The topological polar surface area (TPSA) is 106 Å². The number of aromatic amines is 1. The maximum atomic E-state index is 12.0. The smallest absolute Gasteiger partial charge is 0.271 e. The minimum absolute atomic E-state index is 0.153. The third-order valence-electron chi connectivity index (χ3n) is 2.68. The molecule has 8 nitrogen and oxygen atoms in total. The molecule has 2 heterocycles. The molecule has 0 aliphatic carbocycles. The largest absolute Gasteiger partial charge is 0.341 e. The van der Waals surface area contributed by atoms with E-state index in [1.165, 1.54) is 12.5 Å². The summed E-state index contributed by atoms with van der Waals surface area (Å²) in [4.78, 5) is 33.1. The third kappa shape index (κ3) is 2.84. The van der Waals surface area contributed by atoms with E-state index in [4.69, 9.17) is 0 Å². The second-order valence-corrected chi connectivity index (χ2v) is 3.97. The number of aromatic nitrogens is 5. The van der Waals surface area contributed by atoms with Crippen LogP contribution in [0.25, 0.3) is 0 Å². The lowest BCUT2D eigenvalue weighted by Gasteiger charge is -2.15. The van der Waals surface area contributed by atoms with E-state index in [2.05, 4.69) is 25.4 Å². The molecule has 0 fully saturated rings. The van der Waals surface area contributed by atoms with Gasteiger partial charge in [-0.15, -0.1) is 0 Å². The molecule has 1 atom stereocenters. The molecule has 19 heavy (non-hydrogen) atoms. The Bertz CT molecular complexity index is 612. The van der Waals surface area contributed by atoms with Gasteiger partial charge in [0.25, 0.3) is 11.5 Å². The van der Waals surface area contributed by atoms with Crippen molar-refractivity contribution in [1.82, 2.24) is 30.0 Å². The van der Waals surface area contributed by atoms with Crippen molar-refractivity contribution in [3.8, 4) is 0 Å². The lowest BCUT2D eigenvalue weighted by Crippen LogP contribution is -2.31. The van der Waals surface area contributed by atoms with Crippen LogP contribution in [0.1, 0.15) is 35.7 Å². The molecule has 1 unspecified atom stereocenters. The van der Waals surface area contributed by atoms with Crippen LogP contribution in [0.15, 0.2) is 23.5 Å². The van der Waals surface area contributed by atoms with Crippen LogP contribution in [-0.4, -0.2) is 30.6 Å². The van der Waals surface area contributed by atoms with Crippen molar-refractivity contribution in [3.63, 3.8) is 0 Å². The fourth-order valence-corrected chi connectivity index (χ4v) is 1.67. The van der Waals surface area contributed by atoms with Gasteiger partial charge in [-0.1, -0.05) is 6.92 Å². The van der Waals surface area contributed by atoms with E-state index in [-0.39, 0.29) is 23.2 Å². The summed E-state index contributed by atoms with van der Waals surface area (Å²) in [5.74, 6) is 0.298. The average Bonchev–Trinajstić information content (AvgIpc) is 2.83. The van der Waals surface area contributed by atoms with E-state index in [0.29, 0.717) is 12.2 Å². The van der Waals surface area contributed by atoms with Crippen LogP contribution < -0.4 is 10.9 Å². The molecule has 0 aliphatic rings. The van der Waals surface area contributed by atoms with Crippen molar-refractivity contribution < 1.29 is 4.79 Å². The first-order valence-electron chi connectivity index (χ1n) is 5.81. The van der Waals surface area contributed by atoms with Gasteiger partial charge in [0.15, 0.2) is 0 Å². The Morgan fingerprint density at radius 2 is 2.32 bits per heavy atom. The lowest BCUT2D eigenvalue weighted by molar-refractivity contribution is 0.0927. The maximum Gasteiger partial charge on any atom is 0.271 e. The molecular weight excluding hydrogens is 248 g/mol. The molecule has 0 aliphatic heterocycles. The highest BCUT2D eigenvalue weighted by atomic mass is 16.2. The molecular formula is C11H14N6O2. The van der Waals surface area contributed by atoms with Crippen molar-refractivity contribution in [2.75, 3.05) is 0 Å². The number of rotatable bonds is 4. The number of hydrogen-bond acceptors (Lipinski definition) is 5. The highest BCUT2D eigenvalue weighted by Gasteiger charge is 2.18. The van der Waals surface area contributed by atoms with Crippen molar-refractivity contribution in [3.05, 3.63) is 40.6 Å². The summed E-state index contributed by atoms with van der Waals surface area (Å²) in [7, 11) is 1.76. The summed E-state index contributed by atoms with van der Waals surface area (Å²) in [6.45, 7) is 1.93. The Kier molecular flexibility index (Phi) is 3.69. The first-order valence-corrected chi connectivity index (χ1v) is 5.81. The highest BCUT2D eigenvalue weighted by molar-refractivity contribution is 5.92. The van der Waals surface area contributed by atoms with E-state index >= 15 is 0 Å². The Morgan fingerprint density at radius 1 is 1.53 bits per heavy atom. The second-order valence-electron chi connectivity index (χ2n) is 3.97. The number of amides is 1. The molecule has 0 saturated carbocycles. The van der Waals surface area contributed by atoms with Gasteiger partial charge in [0, 0.05) is 13.2 Å². The average molecular weight is 262 g/mol. The van der Waals surface area contributed by atoms with Gasteiger partial charge < -0.3 is 10.3 Å². The molecule has 2 aromatic rings. The van der Waals surface area contributed by atoms with E-state index < -0.39 is 0 Å². The number of carbonyl (C=O) groups excluding carboxylic acids is 1. The Hall–Kier alpha value is -2.51. The second kappa shape index (κ2) is 5.42. The normalized spacial score (nSPS) is 12.1. The molecule has 100 valence electrons. The van der Waals surface area contributed by atoms with Gasteiger partial charge in [0.05, 0.1) is 12.2 Å². The molecule has 0 bridgehead atoms. The van der Waals surface area contributed by atoms with Gasteiger partial charge in [-0.25, -0.2) is 9.97 Å². The summed E-state index contributed by atoms with van der Waals surface area (Å²) < 4.78 is 1.61. The van der Waals surface area contributed by atoms with Gasteiger partial charge in [-0.05, 0) is 6.42 Å². The molecule has 0 saturated heterocycles. The number of nitrogens with zero attached hydrogens (tertiary/aromatic N) is 4. The van der Waals surface area contributed by atoms with Crippen molar-refractivity contribution in [2.45, 2.75) is 19.4 Å². The SMILES string of the molecule is CCC(NC(=O)c1c[nH]c(=O)cn1)c1ncnn1C. The minimum Gasteiger partial charge on any atom is -0.341 e. The molecule has 2 rings (SSSR count). The van der Waals surface area contributed by atoms with Gasteiger partial charge in [0.1, 0.15) is 17.8 Å². The predicted molar refractivity (Wildman–Crippen MR) is 66.4 cm³/mol.